The maximum Gasteiger partial charge on any atom is 0.119 e. The van der Waals surface area contributed by atoms with E-state index >= 15 is 0 Å². The van der Waals surface area contributed by atoms with Crippen molar-refractivity contribution in [2.45, 2.75) is 12.5 Å². The molecule has 21 heavy (non-hydrogen) atoms. The lowest BCUT2D eigenvalue weighted by atomic mass is 10.0. The van der Waals surface area contributed by atoms with Gasteiger partial charge in [-0.25, -0.2) is 0 Å². The van der Waals surface area contributed by atoms with Gasteiger partial charge in [-0.2, -0.15) is 0 Å². The summed E-state index contributed by atoms with van der Waals surface area (Å²) < 4.78 is 7.50. The molecule has 3 nitrogen and oxygen atoms in total. The van der Waals surface area contributed by atoms with E-state index in [1.165, 1.54) is 5.56 Å². The number of rotatable bonds is 5. The van der Waals surface area contributed by atoms with Gasteiger partial charge in [-0.05, 0) is 36.2 Å². The van der Waals surface area contributed by atoms with Gasteiger partial charge in [0.05, 0.1) is 13.2 Å². The summed E-state index contributed by atoms with van der Waals surface area (Å²) in [5.74, 6) is 0.860. The molecule has 3 rings (SSSR count). The minimum atomic E-state index is 0.141. The van der Waals surface area contributed by atoms with Crippen molar-refractivity contribution in [1.82, 2.24) is 4.57 Å². The van der Waals surface area contributed by atoms with Crippen molar-refractivity contribution in [2.75, 3.05) is 13.7 Å². The van der Waals surface area contributed by atoms with Gasteiger partial charge < -0.3 is 14.4 Å². The third-order valence-electron chi connectivity index (χ3n) is 3.85. The van der Waals surface area contributed by atoms with Crippen LogP contribution in [0.5, 0.6) is 5.75 Å². The molecular formula is C18H19NO2. The average Bonchev–Trinajstić information content (AvgIpc) is 2.96. The van der Waals surface area contributed by atoms with Gasteiger partial charge in [0.25, 0.3) is 0 Å². The van der Waals surface area contributed by atoms with E-state index in [2.05, 4.69) is 35.0 Å². The van der Waals surface area contributed by atoms with Crippen LogP contribution in [0.1, 0.15) is 18.0 Å². The number of fused-ring (bicyclic) bond motifs is 1. The molecule has 0 radical (unpaired) electrons. The van der Waals surface area contributed by atoms with Gasteiger partial charge in [0.15, 0.2) is 0 Å². The fourth-order valence-corrected chi connectivity index (χ4v) is 2.80. The molecule has 0 aliphatic rings. The van der Waals surface area contributed by atoms with Crippen molar-refractivity contribution in [1.29, 1.82) is 0 Å². The van der Waals surface area contributed by atoms with Crippen LogP contribution in [0.25, 0.3) is 10.9 Å². The van der Waals surface area contributed by atoms with Gasteiger partial charge in [-0.1, -0.05) is 30.3 Å². The SMILES string of the molecule is COc1ccc2c(ccn2C(CCO)c2ccccc2)c1. The Kier molecular flexibility index (Phi) is 3.93. The quantitative estimate of drug-likeness (QED) is 0.775. The summed E-state index contributed by atoms with van der Waals surface area (Å²) in [4.78, 5) is 0. The molecular weight excluding hydrogens is 262 g/mol. The minimum absolute atomic E-state index is 0.141. The van der Waals surface area contributed by atoms with Gasteiger partial charge in [0, 0.05) is 23.7 Å². The number of hydrogen-bond donors (Lipinski definition) is 1. The van der Waals surface area contributed by atoms with Crippen LogP contribution in [0.4, 0.5) is 0 Å². The topological polar surface area (TPSA) is 34.4 Å². The molecule has 1 unspecified atom stereocenters. The molecule has 0 bridgehead atoms. The monoisotopic (exact) mass is 281 g/mol. The Morgan fingerprint density at radius 3 is 2.62 bits per heavy atom. The second-order valence-electron chi connectivity index (χ2n) is 5.09. The second-order valence-corrected chi connectivity index (χ2v) is 5.09. The van der Waals surface area contributed by atoms with Crippen LogP contribution in [0, 0.1) is 0 Å². The minimum Gasteiger partial charge on any atom is -0.497 e. The van der Waals surface area contributed by atoms with Crippen molar-refractivity contribution >= 4 is 10.9 Å². The predicted octanol–water partition coefficient (Wildman–Crippen LogP) is 3.62. The van der Waals surface area contributed by atoms with Crippen LogP contribution in [-0.4, -0.2) is 23.4 Å². The Labute approximate surface area is 124 Å². The highest BCUT2D eigenvalue weighted by atomic mass is 16.5. The van der Waals surface area contributed by atoms with Crippen LogP contribution in [-0.2, 0) is 0 Å². The second kappa shape index (κ2) is 6.02. The van der Waals surface area contributed by atoms with E-state index in [4.69, 9.17) is 4.74 Å². The molecule has 1 atom stereocenters. The highest BCUT2D eigenvalue weighted by Crippen LogP contribution is 2.29. The molecule has 0 saturated carbocycles. The summed E-state index contributed by atoms with van der Waals surface area (Å²) in [6.45, 7) is 0.162. The van der Waals surface area contributed by atoms with E-state index in [1.807, 2.05) is 30.3 Å². The molecule has 1 N–H and O–H groups in total. The molecule has 0 spiro atoms. The zero-order chi connectivity index (χ0) is 14.7. The van der Waals surface area contributed by atoms with Crippen LogP contribution in [0.15, 0.2) is 60.8 Å². The summed E-state index contributed by atoms with van der Waals surface area (Å²) >= 11 is 0. The van der Waals surface area contributed by atoms with Crippen LogP contribution in [0.3, 0.4) is 0 Å². The van der Waals surface area contributed by atoms with E-state index < -0.39 is 0 Å². The zero-order valence-electron chi connectivity index (χ0n) is 12.1. The predicted molar refractivity (Wildman–Crippen MR) is 84.8 cm³/mol. The fourth-order valence-electron chi connectivity index (χ4n) is 2.80. The largest absolute Gasteiger partial charge is 0.497 e. The Morgan fingerprint density at radius 2 is 1.90 bits per heavy atom. The fraction of sp³-hybridized carbons (Fsp3) is 0.222. The Morgan fingerprint density at radius 1 is 1.10 bits per heavy atom. The first-order valence-electron chi connectivity index (χ1n) is 7.14. The molecule has 0 saturated heterocycles. The summed E-state index contributed by atoms with van der Waals surface area (Å²) in [7, 11) is 1.68. The van der Waals surface area contributed by atoms with Gasteiger partial charge in [-0.15, -0.1) is 0 Å². The van der Waals surface area contributed by atoms with Gasteiger partial charge >= 0.3 is 0 Å². The van der Waals surface area contributed by atoms with Crippen molar-refractivity contribution < 1.29 is 9.84 Å². The number of aliphatic hydroxyl groups excluding tert-OH is 1. The summed E-state index contributed by atoms with van der Waals surface area (Å²) in [5.41, 5.74) is 2.36. The summed E-state index contributed by atoms with van der Waals surface area (Å²) in [5, 5.41) is 10.6. The average molecular weight is 281 g/mol. The van der Waals surface area contributed by atoms with Crippen molar-refractivity contribution in [2.24, 2.45) is 0 Å². The van der Waals surface area contributed by atoms with E-state index in [0.29, 0.717) is 6.42 Å². The van der Waals surface area contributed by atoms with Crippen molar-refractivity contribution in [3.05, 3.63) is 66.4 Å². The van der Waals surface area contributed by atoms with Crippen molar-refractivity contribution in [3.8, 4) is 5.75 Å². The Balaban J connectivity index is 2.07. The lowest BCUT2D eigenvalue weighted by Gasteiger charge is -2.20. The molecule has 108 valence electrons. The number of nitrogens with zero attached hydrogens (tertiary/aromatic N) is 1. The molecule has 2 aromatic carbocycles. The third-order valence-corrected chi connectivity index (χ3v) is 3.85. The zero-order valence-corrected chi connectivity index (χ0v) is 12.1. The number of aliphatic hydroxyl groups is 1. The smallest absolute Gasteiger partial charge is 0.119 e. The van der Waals surface area contributed by atoms with Crippen LogP contribution in [0.2, 0.25) is 0 Å². The number of ether oxygens (including phenoxy) is 1. The molecule has 3 aromatic rings. The normalized spacial score (nSPS) is 12.5. The number of hydrogen-bond acceptors (Lipinski definition) is 2. The first-order chi connectivity index (χ1) is 10.3. The molecule has 1 heterocycles. The number of benzene rings is 2. The molecule has 1 aromatic heterocycles. The Bertz CT molecular complexity index is 718. The van der Waals surface area contributed by atoms with Gasteiger partial charge in [-0.3, -0.25) is 0 Å². The lowest BCUT2D eigenvalue weighted by molar-refractivity contribution is 0.269. The highest BCUT2D eigenvalue weighted by molar-refractivity contribution is 5.82. The lowest BCUT2D eigenvalue weighted by Crippen LogP contribution is -2.11. The standard InChI is InChI=1S/C18H19NO2/c1-21-16-7-8-17-15(13-16)9-11-19(17)18(10-12-20)14-5-3-2-4-6-14/h2-9,11,13,18,20H,10,12H2,1H3. The van der Waals surface area contributed by atoms with Crippen LogP contribution < -0.4 is 4.74 Å². The maximum atomic E-state index is 9.42. The van der Waals surface area contributed by atoms with E-state index in [0.717, 1.165) is 16.7 Å². The number of aromatic nitrogens is 1. The molecule has 0 fully saturated rings. The molecule has 0 amide bonds. The first-order valence-corrected chi connectivity index (χ1v) is 7.14. The van der Waals surface area contributed by atoms with Gasteiger partial charge in [0.2, 0.25) is 0 Å². The van der Waals surface area contributed by atoms with Crippen LogP contribution >= 0.6 is 0 Å². The third kappa shape index (κ3) is 2.65. The first kappa shape index (κ1) is 13.7. The summed E-state index contributed by atoms with van der Waals surface area (Å²) in [6, 6.07) is 18.6. The van der Waals surface area contributed by atoms with Gasteiger partial charge in [0.1, 0.15) is 5.75 Å². The molecule has 0 aliphatic heterocycles. The van der Waals surface area contributed by atoms with E-state index in [1.54, 1.807) is 7.11 Å². The summed E-state index contributed by atoms with van der Waals surface area (Å²) in [6.07, 6.45) is 2.78. The van der Waals surface area contributed by atoms with Crippen molar-refractivity contribution in [3.63, 3.8) is 0 Å². The number of methoxy groups -OCH3 is 1. The maximum absolute atomic E-state index is 9.42. The molecule has 0 aliphatic carbocycles. The van der Waals surface area contributed by atoms with E-state index in [9.17, 15) is 5.11 Å². The Hall–Kier alpha value is -2.26. The highest BCUT2D eigenvalue weighted by Gasteiger charge is 2.15. The molecule has 3 heteroatoms. The van der Waals surface area contributed by atoms with E-state index in [-0.39, 0.29) is 12.6 Å².